The smallest absolute Gasteiger partial charge is 0.401 e. The monoisotopic (exact) mass is 389 g/mol. The number of nitrogens with two attached hydrogens (primary N) is 1. The van der Waals surface area contributed by atoms with E-state index >= 15 is 0 Å². The summed E-state index contributed by atoms with van der Waals surface area (Å²) in [5.41, 5.74) is 6.57. The lowest BCUT2D eigenvalue weighted by Crippen LogP contribution is -2.32. The summed E-state index contributed by atoms with van der Waals surface area (Å²) in [4.78, 5) is 5.46. The summed E-state index contributed by atoms with van der Waals surface area (Å²) >= 11 is 12.5. The Balaban J connectivity index is 2.54. The van der Waals surface area contributed by atoms with Crippen LogP contribution in [0.15, 0.2) is 60.1 Å². The van der Waals surface area contributed by atoms with Crippen molar-refractivity contribution in [1.82, 2.24) is 4.98 Å². The largest absolute Gasteiger partial charge is 0.417 e. The lowest BCUT2D eigenvalue weighted by molar-refractivity contribution is -0.137. The fraction of sp³-hybridized carbons (Fsp3) is 0.235. The molecule has 2 N–H and O–H groups in total. The zero-order valence-corrected chi connectivity index (χ0v) is 14.8. The second kappa shape index (κ2) is 7.54. The molecule has 1 aliphatic carbocycles. The Morgan fingerprint density at radius 1 is 1.44 bits per heavy atom. The first-order valence-electron chi connectivity index (χ1n) is 7.24. The summed E-state index contributed by atoms with van der Waals surface area (Å²) in [5.74, 6) is 0.126. The van der Waals surface area contributed by atoms with E-state index in [-0.39, 0.29) is 23.1 Å². The zero-order valence-electron chi connectivity index (χ0n) is 13.3. The van der Waals surface area contributed by atoms with Gasteiger partial charge in [0, 0.05) is 17.6 Å². The van der Waals surface area contributed by atoms with E-state index in [1.807, 2.05) is 13.0 Å². The van der Waals surface area contributed by atoms with E-state index in [4.69, 9.17) is 28.9 Å². The van der Waals surface area contributed by atoms with Gasteiger partial charge in [-0.15, -0.1) is 11.6 Å². The molecule has 1 aromatic rings. The van der Waals surface area contributed by atoms with Gasteiger partial charge in [0.1, 0.15) is 0 Å². The van der Waals surface area contributed by atoms with E-state index in [1.165, 1.54) is 0 Å². The van der Waals surface area contributed by atoms with Crippen molar-refractivity contribution in [2.24, 2.45) is 5.73 Å². The van der Waals surface area contributed by atoms with E-state index < -0.39 is 17.1 Å². The molecule has 1 atom stereocenters. The van der Waals surface area contributed by atoms with Gasteiger partial charge in [-0.2, -0.15) is 13.2 Å². The lowest BCUT2D eigenvalue weighted by atomic mass is 10.2. The molecule has 1 heterocycles. The van der Waals surface area contributed by atoms with Gasteiger partial charge in [0.05, 0.1) is 22.5 Å². The minimum Gasteiger partial charge on any atom is -0.401 e. The molecule has 1 aliphatic rings. The molecular formula is C17H16Cl2F3N3. The molecule has 8 heteroatoms. The fourth-order valence-electron chi connectivity index (χ4n) is 2.27. The minimum absolute atomic E-state index is 0.105. The highest BCUT2D eigenvalue weighted by atomic mass is 35.5. The highest BCUT2D eigenvalue weighted by Crippen LogP contribution is 2.36. The van der Waals surface area contributed by atoms with E-state index in [9.17, 15) is 13.2 Å². The molecule has 0 bridgehead atoms. The molecule has 0 aromatic carbocycles. The molecule has 0 saturated heterocycles. The summed E-state index contributed by atoms with van der Waals surface area (Å²) in [5, 5.41) is -0.691. The van der Waals surface area contributed by atoms with Crippen LogP contribution in [0.4, 0.5) is 19.0 Å². The maximum absolute atomic E-state index is 12.8. The van der Waals surface area contributed by atoms with Crippen molar-refractivity contribution >= 4 is 29.0 Å². The van der Waals surface area contributed by atoms with Gasteiger partial charge in [0.15, 0.2) is 5.82 Å². The van der Waals surface area contributed by atoms with Crippen molar-refractivity contribution in [2.45, 2.75) is 18.5 Å². The van der Waals surface area contributed by atoms with Crippen LogP contribution in [0.2, 0.25) is 5.02 Å². The molecule has 1 unspecified atom stereocenters. The van der Waals surface area contributed by atoms with Gasteiger partial charge in [-0.05, 0) is 24.6 Å². The zero-order chi connectivity index (χ0) is 18.8. The van der Waals surface area contributed by atoms with Crippen LogP contribution in [0, 0.1) is 0 Å². The summed E-state index contributed by atoms with van der Waals surface area (Å²) in [6.07, 6.45) is 3.40. The molecule has 3 nitrogen and oxygen atoms in total. The summed E-state index contributed by atoms with van der Waals surface area (Å²) in [6.45, 7) is 5.63. The first-order chi connectivity index (χ1) is 11.6. The van der Waals surface area contributed by atoms with Crippen LogP contribution in [0.5, 0.6) is 0 Å². The Kier molecular flexibility index (Phi) is 5.85. The van der Waals surface area contributed by atoms with Crippen LogP contribution in [0.3, 0.4) is 0 Å². The molecule has 0 amide bonds. The molecular weight excluding hydrogens is 374 g/mol. The lowest BCUT2D eigenvalue weighted by Gasteiger charge is -2.29. The van der Waals surface area contributed by atoms with E-state index in [0.717, 1.165) is 17.8 Å². The number of anilines is 1. The fourth-order valence-corrected chi connectivity index (χ4v) is 2.80. The third-order valence-corrected chi connectivity index (χ3v) is 4.02. The molecule has 0 aliphatic heterocycles. The summed E-state index contributed by atoms with van der Waals surface area (Å²) in [7, 11) is 0. The second-order valence-corrected chi connectivity index (χ2v) is 6.42. The van der Waals surface area contributed by atoms with Crippen LogP contribution >= 0.6 is 23.2 Å². The van der Waals surface area contributed by atoms with E-state index in [0.29, 0.717) is 5.70 Å². The number of allylic oxidation sites excluding steroid dienone is 5. The number of halogens is 5. The molecule has 0 fully saturated rings. The van der Waals surface area contributed by atoms with Crippen molar-refractivity contribution < 1.29 is 13.2 Å². The summed E-state index contributed by atoms with van der Waals surface area (Å²) in [6, 6.07) is 0.829. The van der Waals surface area contributed by atoms with Crippen molar-refractivity contribution in [3.8, 4) is 0 Å². The molecule has 1 aromatic heterocycles. The predicted octanol–water partition coefficient (Wildman–Crippen LogP) is 5.04. The Bertz CT molecular complexity index is 767. The van der Waals surface area contributed by atoms with Gasteiger partial charge >= 0.3 is 6.18 Å². The van der Waals surface area contributed by atoms with Crippen molar-refractivity contribution in [3.63, 3.8) is 0 Å². The van der Waals surface area contributed by atoms with E-state index in [1.54, 1.807) is 23.1 Å². The van der Waals surface area contributed by atoms with Crippen molar-refractivity contribution in [2.75, 3.05) is 11.4 Å². The quantitative estimate of drug-likeness (QED) is 0.733. The average Bonchev–Trinajstić information content (AvgIpc) is 2.65. The number of hydrogen-bond donors (Lipinski definition) is 1. The molecule has 0 spiro atoms. The maximum Gasteiger partial charge on any atom is 0.417 e. The van der Waals surface area contributed by atoms with Crippen molar-refractivity contribution in [3.05, 3.63) is 70.7 Å². The van der Waals surface area contributed by atoms with Crippen LogP contribution in [0.1, 0.15) is 12.5 Å². The first-order valence-corrected chi connectivity index (χ1v) is 8.05. The van der Waals surface area contributed by atoms with Gasteiger partial charge < -0.3 is 10.6 Å². The topological polar surface area (TPSA) is 42.1 Å². The molecule has 0 saturated carbocycles. The highest BCUT2D eigenvalue weighted by molar-refractivity contribution is 6.33. The first kappa shape index (κ1) is 19.4. The van der Waals surface area contributed by atoms with Crippen LogP contribution < -0.4 is 10.6 Å². The number of rotatable bonds is 4. The number of alkyl halides is 4. The van der Waals surface area contributed by atoms with Gasteiger partial charge in [-0.3, -0.25) is 0 Å². The summed E-state index contributed by atoms with van der Waals surface area (Å²) < 4.78 is 38.5. The van der Waals surface area contributed by atoms with Gasteiger partial charge in [0.25, 0.3) is 0 Å². The molecule has 25 heavy (non-hydrogen) atoms. The standard InChI is InChI=1S/C17H16Cl2F3N3/c1-10-4-3-5-13(18)15(6-10)25(9-11(2)23)16-14(19)7-12(8-24-16)17(20,21)22/h3-8,13H,2,9,23H2,1H3. The normalized spacial score (nSPS) is 17.6. The van der Waals surface area contributed by atoms with Gasteiger partial charge in [-0.1, -0.05) is 36.4 Å². The molecule has 2 rings (SSSR count). The number of nitrogens with zero attached hydrogens (tertiary/aromatic N) is 2. The van der Waals surface area contributed by atoms with Crippen LogP contribution in [-0.2, 0) is 6.18 Å². The third-order valence-electron chi connectivity index (χ3n) is 3.37. The van der Waals surface area contributed by atoms with Gasteiger partial charge in [-0.25, -0.2) is 4.98 Å². The Morgan fingerprint density at radius 2 is 2.12 bits per heavy atom. The van der Waals surface area contributed by atoms with Gasteiger partial charge in [0.2, 0.25) is 0 Å². The Labute approximate surface area is 153 Å². The number of hydrogen-bond acceptors (Lipinski definition) is 3. The number of aromatic nitrogens is 1. The third kappa shape index (κ3) is 4.80. The maximum atomic E-state index is 12.8. The molecule has 0 radical (unpaired) electrons. The van der Waals surface area contributed by atoms with Crippen LogP contribution in [0.25, 0.3) is 0 Å². The van der Waals surface area contributed by atoms with E-state index in [2.05, 4.69) is 11.6 Å². The second-order valence-electron chi connectivity index (χ2n) is 5.54. The predicted molar refractivity (Wildman–Crippen MR) is 95.5 cm³/mol. The highest BCUT2D eigenvalue weighted by Gasteiger charge is 2.32. The Hall–Kier alpha value is -1.92. The SMILES string of the molecule is C=C(N)CN(C1=CC(C)=CC=CC1Cl)c1ncc(C(F)(F)F)cc1Cl. The molecule has 134 valence electrons. The van der Waals surface area contributed by atoms with Crippen molar-refractivity contribution in [1.29, 1.82) is 0 Å². The minimum atomic E-state index is -4.53. The average molecular weight is 390 g/mol. The number of pyridine rings is 1. The Morgan fingerprint density at radius 3 is 2.68 bits per heavy atom. The van der Waals surface area contributed by atoms with Crippen LogP contribution in [-0.4, -0.2) is 16.9 Å².